The number of hydrogen-bond donors (Lipinski definition) is 2. The van der Waals surface area contributed by atoms with Crippen LogP contribution in [-0.2, 0) is 11.3 Å². The first-order chi connectivity index (χ1) is 14.0. The van der Waals surface area contributed by atoms with Gasteiger partial charge in [-0.3, -0.25) is 19.8 Å². The number of aromatic amines is 1. The average molecular weight is 432 g/mol. The fourth-order valence-electron chi connectivity index (χ4n) is 2.55. The summed E-state index contributed by atoms with van der Waals surface area (Å²) in [5.74, 6) is 1.70. The molecule has 2 aromatic heterocycles. The van der Waals surface area contributed by atoms with Crippen molar-refractivity contribution in [2.24, 2.45) is 0 Å². The maximum Gasteiger partial charge on any atom is 0.264 e. The fraction of sp³-hybridized carbons (Fsp3) is 0.263. The van der Waals surface area contributed by atoms with Crippen LogP contribution in [0.3, 0.4) is 0 Å². The summed E-state index contributed by atoms with van der Waals surface area (Å²) in [6.07, 6.45) is 1.74. The van der Waals surface area contributed by atoms with Crippen LogP contribution in [0.2, 0.25) is 0 Å². The number of hydrogen-bond acceptors (Lipinski definition) is 7. The molecule has 8 nitrogen and oxygen atoms in total. The van der Waals surface area contributed by atoms with E-state index in [1.807, 2.05) is 18.4 Å². The molecule has 0 spiro atoms. The number of aryl methyl sites for hydroxylation is 1. The highest BCUT2D eigenvalue weighted by molar-refractivity contribution is 7.71. The molecule has 3 aromatic rings. The molecule has 3 rings (SSSR count). The second kappa shape index (κ2) is 9.48. The van der Waals surface area contributed by atoms with Gasteiger partial charge in [-0.1, -0.05) is 17.4 Å². The number of allylic oxidation sites excluding steroid dienone is 1. The maximum absolute atomic E-state index is 12.2. The molecule has 0 aliphatic carbocycles. The molecule has 0 fully saturated rings. The number of ether oxygens (including phenoxy) is 2. The molecule has 10 heteroatoms. The van der Waals surface area contributed by atoms with Crippen molar-refractivity contribution in [1.29, 1.82) is 0 Å². The predicted octanol–water partition coefficient (Wildman–Crippen LogP) is 3.97. The molecule has 0 radical (unpaired) electrons. The van der Waals surface area contributed by atoms with Gasteiger partial charge in [0.05, 0.1) is 17.2 Å². The largest absolute Gasteiger partial charge is 0.494 e. The maximum atomic E-state index is 12.2. The quantitative estimate of drug-likeness (QED) is 0.393. The van der Waals surface area contributed by atoms with Crippen LogP contribution in [0.5, 0.6) is 11.5 Å². The average Bonchev–Trinajstić information content (AvgIpc) is 3.24. The van der Waals surface area contributed by atoms with Gasteiger partial charge in [0.15, 0.2) is 22.3 Å². The summed E-state index contributed by atoms with van der Waals surface area (Å²) in [7, 11) is 0. The van der Waals surface area contributed by atoms with E-state index >= 15 is 0 Å². The Hall–Kier alpha value is -2.98. The number of anilines is 1. The Morgan fingerprint density at radius 1 is 1.34 bits per heavy atom. The molecule has 152 valence electrons. The van der Waals surface area contributed by atoms with Gasteiger partial charge in [-0.15, -0.1) is 6.58 Å². The van der Waals surface area contributed by atoms with Crippen LogP contribution in [0.25, 0.3) is 10.7 Å². The van der Waals surface area contributed by atoms with E-state index < -0.39 is 0 Å². The zero-order valence-corrected chi connectivity index (χ0v) is 17.7. The second-order valence-electron chi connectivity index (χ2n) is 5.93. The van der Waals surface area contributed by atoms with Crippen molar-refractivity contribution < 1.29 is 14.3 Å². The van der Waals surface area contributed by atoms with E-state index in [1.54, 1.807) is 30.3 Å². The number of amides is 1. The first-order valence-corrected chi connectivity index (χ1v) is 10.1. The molecule has 0 atom stereocenters. The normalized spacial score (nSPS) is 10.6. The van der Waals surface area contributed by atoms with Gasteiger partial charge in [-0.05, 0) is 50.3 Å². The SMILES string of the molecule is C=CCn1c(-c2sc(NC(=O)COc3ccc(OCC)cc3)nc2C)n[nH]c1=S. The summed E-state index contributed by atoms with van der Waals surface area (Å²) in [6.45, 7) is 8.51. The Kier molecular flexibility index (Phi) is 6.78. The summed E-state index contributed by atoms with van der Waals surface area (Å²) in [5.41, 5.74) is 0.747. The van der Waals surface area contributed by atoms with Crippen LogP contribution in [0.1, 0.15) is 12.6 Å². The molecule has 0 unspecified atom stereocenters. The van der Waals surface area contributed by atoms with E-state index in [0.717, 1.165) is 16.3 Å². The lowest BCUT2D eigenvalue weighted by Gasteiger charge is -2.07. The first-order valence-electron chi connectivity index (χ1n) is 8.91. The van der Waals surface area contributed by atoms with E-state index in [2.05, 4.69) is 27.1 Å². The van der Waals surface area contributed by atoms with Gasteiger partial charge in [0.25, 0.3) is 5.91 Å². The van der Waals surface area contributed by atoms with Crippen LogP contribution in [0.4, 0.5) is 5.13 Å². The van der Waals surface area contributed by atoms with Crippen molar-refractivity contribution in [3.05, 3.63) is 47.4 Å². The lowest BCUT2D eigenvalue weighted by Crippen LogP contribution is -2.20. The molecule has 1 aromatic carbocycles. The minimum Gasteiger partial charge on any atom is -0.494 e. The predicted molar refractivity (Wildman–Crippen MR) is 115 cm³/mol. The smallest absolute Gasteiger partial charge is 0.264 e. The van der Waals surface area contributed by atoms with Crippen LogP contribution in [0, 0.1) is 11.7 Å². The molecule has 2 N–H and O–H groups in total. The van der Waals surface area contributed by atoms with Crippen molar-refractivity contribution in [1.82, 2.24) is 19.7 Å². The molecule has 1 amide bonds. The first kappa shape index (κ1) is 20.7. The minimum absolute atomic E-state index is 0.128. The Morgan fingerprint density at radius 3 is 2.69 bits per heavy atom. The Balaban J connectivity index is 1.64. The molecule has 0 aliphatic heterocycles. The molecular formula is C19H21N5O3S2. The fourth-order valence-corrected chi connectivity index (χ4v) is 3.74. The van der Waals surface area contributed by atoms with Gasteiger partial charge in [0.1, 0.15) is 11.5 Å². The summed E-state index contributed by atoms with van der Waals surface area (Å²) >= 11 is 6.57. The molecule has 0 saturated heterocycles. The Morgan fingerprint density at radius 2 is 2.03 bits per heavy atom. The van der Waals surface area contributed by atoms with E-state index in [0.29, 0.717) is 34.6 Å². The third-order valence-electron chi connectivity index (χ3n) is 3.82. The second-order valence-corrected chi connectivity index (χ2v) is 7.31. The van der Waals surface area contributed by atoms with Gasteiger partial charge in [-0.2, -0.15) is 5.10 Å². The van der Waals surface area contributed by atoms with Crippen LogP contribution in [-0.4, -0.2) is 38.9 Å². The highest BCUT2D eigenvalue weighted by atomic mass is 32.1. The minimum atomic E-state index is -0.302. The van der Waals surface area contributed by atoms with Crippen LogP contribution >= 0.6 is 23.6 Å². The number of rotatable bonds is 9. The van der Waals surface area contributed by atoms with Crippen molar-refractivity contribution in [2.75, 3.05) is 18.5 Å². The van der Waals surface area contributed by atoms with Crippen molar-refractivity contribution in [3.8, 4) is 22.2 Å². The van der Waals surface area contributed by atoms with Gasteiger partial charge in [-0.25, -0.2) is 4.98 Å². The number of thiazole rings is 1. The number of aromatic nitrogens is 4. The lowest BCUT2D eigenvalue weighted by atomic mass is 10.3. The molecule has 0 aliphatic rings. The number of carbonyl (C=O) groups is 1. The van der Waals surface area contributed by atoms with E-state index in [9.17, 15) is 4.79 Å². The third-order valence-corrected chi connectivity index (χ3v) is 5.20. The van der Waals surface area contributed by atoms with Crippen molar-refractivity contribution in [2.45, 2.75) is 20.4 Å². The summed E-state index contributed by atoms with van der Waals surface area (Å²) < 4.78 is 13.2. The van der Waals surface area contributed by atoms with E-state index in [4.69, 9.17) is 21.7 Å². The van der Waals surface area contributed by atoms with Gasteiger partial charge in [0.2, 0.25) is 0 Å². The number of nitrogens with zero attached hydrogens (tertiary/aromatic N) is 3. The van der Waals surface area contributed by atoms with Crippen molar-refractivity contribution in [3.63, 3.8) is 0 Å². The Bertz CT molecular complexity index is 1050. The number of benzene rings is 1. The number of H-pyrrole nitrogens is 1. The molecule has 0 saturated carbocycles. The third kappa shape index (κ3) is 5.09. The number of nitrogens with one attached hydrogen (secondary N) is 2. The molecule has 0 bridgehead atoms. The van der Waals surface area contributed by atoms with Crippen LogP contribution in [0.15, 0.2) is 36.9 Å². The standard InChI is InChI=1S/C19H21N5O3S2/c1-4-10-24-17(22-23-19(24)28)16-12(3)20-18(29-16)21-15(25)11-27-14-8-6-13(7-9-14)26-5-2/h4,6-9H,1,5,10-11H2,2-3H3,(H,23,28)(H,20,21,25). The zero-order valence-electron chi connectivity index (χ0n) is 16.1. The van der Waals surface area contributed by atoms with Gasteiger partial charge >= 0.3 is 0 Å². The van der Waals surface area contributed by atoms with E-state index in [-0.39, 0.29) is 12.5 Å². The molecule has 2 heterocycles. The highest BCUT2D eigenvalue weighted by Gasteiger charge is 2.17. The van der Waals surface area contributed by atoms with Crippen molar-refractivity contribution >= 4 is 34.6 Å². The van der Waals surface area contributed by atoms with Gasteiger partial charge in [0, 0.05) is 6.54 Å². The Labute approximate surface area is 177 Å². The topological polar surface area (TPSA) is 94.1 Å². The van der Waals surface area contributed by atoms with Gasteiger partial charge < -0.3 is 9.47 Å². The van der Waals surface area contributed by atoms with E-state index in [1.165, 1.54) is 11.3 Å². The monoisotopic (exact) mass is 431 g/mol. The molecular weight excluding hydrogens is 410 g/mol. The zero-order chi connectivity index (χ0) is 20.8. The lowest BCUT2D eigenvalue weighted by molar-refractivity contribution is -0.118. The summed E-state index contributed by atoms with van der Waals surface area (Å²) in [5, 5.41) is 10.3. The summed E-state index contributed by atoms with van der Waals surface area (Å²) in [4.78, 5) is 17.5. The highest BCUT2D eigenvalue weighted by Crippen LogP contribution is 2.31. The molecule has 29 heavy (non-hydrogen) atoms. The number of carbonyl (C=O) groups excluding carboxylic acids is 1. The van der Waals surface area contributed by atoms with Crippen LogP contribution < -0.4 is 14.8 Å². The summed E-state index contributed by atoms with van der Waals surface area (Å²) in [6, 6.07) is 7.10.